The van der Waals surface area contributed by atoms with Gasteiger partial charge in [-0.3, -0.25) is 4.79 Å². The van der Waals surface area contributed by atoms with Crippen LogP contribution in [-0.4, -0.2) is 52.6 Å². The molecule has 136 valence electrons. The standard InChI is InChI=1S/C19H25IN2O3/c1-13-5-6-15(20)14(11-13)16(23)22-10-9-21(12-19(22)7-8-19)17(24)25-18(2,3)4/h5-6,11H,7-10,12H2,1-4H3. The third kappa shape index (κ3) is 3.93. The summed E-state index contributed by atoms with van der Waals surface area (Å²) in [6.45, 7) is 9.26. The number of nitrogens with zero attached hydrogens (tertiary/aromatic N) is 2. The van der Waals surface area contributed by atoms with Crippen molar-refractivity contribution in [3.8, 4) is 0 Å². The van der Waals surface area contributed by atoms with Crippen LogP contribution in [0.5, 0.6) is 0 Å². The molecule has 1 saturated carbocycles. The van der Waals surface area contributed by atoms with Crippen molar-refractivity contribution in [1.82, 2.24) is 9.80 Å². The number of piperazine rings is 1. The van der Waals surface area contributed by atoms with Crippen LogP contribution in [-0.2, 0) is 4.74 Å². The number of aryl methyl sites for hydroxylation is 1. The summed E-state index contributed by atoms with van der Waals surface area (Å²) in [5.74, 6) is 0.0782. The fraction of sp³-hybridized carbons (Fsp3) is 0.579. The van der Waals surface area contributed by atoms with Crippen LogP contribution in [0.3, 0.4) is 0 Å². The van der Waals surface area contributed by atoms with Gasteiger partial charge in [0.25, 0.3) is 5.91 Å². The maximum Gasteiger partial charge on any atom is 0.410 e. The Hall–Kier alpha value is -1.31. The lowest BCUT2D eigenvalue weighted by Crippen LogP contribution is -2.58. The van der Waals surface area contributed by atoms with Crippen LogP contribution >= 0.6 is 22.6 Å². The van der Waals surface area contributed by atoms with E-state index < -0.39 is 5.60 Å². The fourth-order valence-electron chi connectivity index (χ4n) is 3.30. The van der Waals surface area contributed by atoms with Gasteiger partial charge in [0, 0.05) is 23.2 Å². The Morgan fingerprint density at radius 1 is 1.20 bits per heavy atom. The predicted octanol–water partition coefficient (Wildman–Crippen LogP) is 3.83. The highest BCUT2D eigenvalue weighted by Crippen LogP contribution is 2.45. The van der Waals surface area contributed by atoms with E-state index in [1.165, 1.54) is 0 Å². The minimum Gasteiger partial charge on any atom is -0.444 e. The van der Waals surface area contributed by atoms with Gasteiger partial charge >= 0.3 is 6.09 Å². The first-order valence-corrected chi connectivity index (χ1v) is 9.75. The lowest BCUT2D eigenvalue weighted by atomic mass is 10.1. The number of amides is 2. The van der Waals surface area contributed by atoms with E-state index >= 15 is 0 Å². The molecule has 0 unspecified atom stereocenters. The van der Waals surface area contributed by atoms with Crippen LogP contribution in [0, 0.1) is 10.5 Å². The maximum atomic E-state index is 13.1. The minimum atomic E-state index is -0.502. The van der Waals surface area contributed by atoms with Gasteiger partial charge in [-0.1, -0.05) is 11.6 Å². The van der Waals surface area contributed by atoms with E-state index in [0.29, 0.717) is 19.6 Å². The Kier molecular flexibility index (Phi) is 4.77. The Labute approximate surface area is 162 Å². The molecule has 0 N–H and O–H groups in total. The van der Waals surface area contributed by atoms with Crippen molar-refractivity contribution >= 4 is 34.6 Å². The first kappa shape index (κ1) is 18.5. The van der Waals surface area contributed by atoms with E-state index in [4.69, 9.17) is 4.74 Å². The topological polar surface area (TPSA) is 49.9 Å². The molecule has 2 amide bonds. The van der Waals surface area contributed by atoms with Crippen molar-refractivity contribution in [2.45, 2.75) is 51.7 Å². The van der Waals surface area contributed by atoms with Crippen LogP contribution in [0.25, 0.3) is 0 Å². The van der Waals surface area contributed by atoms with E-state index in [0.717, 1.165) is 27.5 Å². The van der Waals surface area contributed by atoms with Crippen LogP contribution < -0.4 is 0 Å². The molecule has 1 saturated heterocycles. The zero-order valence-electron chi connectivity index (χ0n) is 15.3. The quantitative estimate of drug-likeness (QED) is 0.604. The van der Waals surface area contributed by atoms with Gasteiger partial charge in [0.15, 0.2) is 0 Å². The van der Waals surface area contributed by atoms with Crippen molar-refractivity contribution in [3.63, 3.8) is 0 Å². The number of hydrogen-bond acceptors (Lipinski definition) is 3. The maximum absolute atomic E-state index is 13.1. The molecule has 1 aromatic rings. The average Bonchev–Trinajstić information content (AvgIpc) is 3.27. The molecule has 0 aromatic heterocycles. The average molecular weight is 456 g/mol. The molecule has 2 fully saturated rings. The van der Waals surface area contributed by atoms with E-state index in [2.05, 4.69) is 22.6 Å². The van der Waals surface area contributed by atoms with Crippen LogP contribution in [0.1, 0.15) is 49.5 Å². The zero-order chi connectivity index (χ0) is 18.4. The molecule has 1 aromatic carbocycles. The highest BCUT2D eigenvalue weighted by molar-refractivity contribution is 14.1. The number of hydrogen-bond donors (Lipinski definition) is 0. The third-order valence-corrected chi connectivity index (χ3v) is 5.67. The Balaban J connectivity index is 1.75. The van der Waals surface area contributed by atoms with E-state index in [1.807, 2.05) is 50.8 Å². The van der Waals surface area contributed by atoms with Gasteiger partial charge in [0.05, 0.1) is 11.1 Å². The summed E-state index contributed by atoms with van der Waals surface area (Å²) in [6, 6.07) is 5.96. The van der Waals surface area contributed by atoms with Gasteiger partial charge < -0.3 is 14.5 Å². The van der Waals surface area contributed by atoms with Crippen molar-refractivity contribution in [3.05, 3.63) is 32.9 Å². The van der Waals surface area contributed by atoms with Gasteiger partial charge in [0.2, 0.25) is 0 Å². The molecular formula is C19H25IN2O3. The van der Waals surface area contributed by atoms with E-state index in [9.17, 15) is 9.59 Å². The third-order valence-electron chi connectivity index (χ3n) is 4.73. The molecule has 0 radical (unpaired) electrons. The zero-order valence-corrected chi connectivity index (χ0v) is 17.4. The molecule has 5 nitrogen and oxygen atoms in total. The minimum absolute atomic E-state index is 0.0782. The van der Waals surface area contributed by atoms with Crippen molar-refractivity contribution in [1.29, 1.82) is 0 Å². The van der Waals surface area contributed by atoms with Crippen LogP contribution in [0.2, 0.25) is 0 Å². The van der Waals surface area contributed by atoms with Crippen LogP contribution in [0.4, 0.5) is 4.79 Å². The first-order chi connectivity index (χ1) is 11.6. The van der Waals surface area contributed by atoms with E-state index in [1.54, 1.807) is 4.90 Å². The summed E-state index contributed by atoms with van der Waals surface area (Å²) in [7, 11) is 0. The number of benzene rings is 1. The van der Waals surface area contributed by atoms with Gasteiger partial charge in [0.1, 0.15) is 5.60 Å². The Morgan fingerprint density at radius 3 is 2.48 bits per heavy atom. The summed E-state index contributed by atoms with van der Waals surface area (Å²) in [5, 5.41) is 0. The molecule has 1 aliphatic carbocycles. The first-order valence-electron chi connectivity index (χ1n) is 8.67. The molecule has 6 heteroatoms. The summed E-state index contributed by atoms with van der Waals surface area (Å²) in [4.78, 5) is 29.2. The number of halogens is 1. The monoisotopic (exact) mass is 456 g/mol. The number of rotatable bonds is 1. The lowest BCUT2D eigenvalue weighted by Gasteiger charge is -2.42. The Bertz CT molecular complexity index is 707. The highest BCUT2D eigenvalue weighted by atomic mass is 127. The molecule has 1 heterocycles. The summed E-state index contributed by atoms with van der Waals surface area (Å²) in [5.41, 5.74) is 1.14. The van der Waals surface area contributed by atoms with E-state index in [-0.39, 0.29) is 17.5 Å². The highest BCUT2D eigenvalue weighted by Gasteiger charge is 2.54. The van der Waals surface area contributed by atoms with Gasteiger partial charge in [-0.15, -0.1) is 0 Å². The number of carbonyl (C=O) groups excluding carboxylic acids is 2. The molecule has 2 aliphatic rings. The summed E-state index contributed by atoms with van der Waals surface area (Å²) < 4.78 is 6.47. The second-order valence-electron chi connectivity index (χ2n) is 8.07. The molecule has 1 aliphatic heterocycles. The van der Waals surface area contributed by atoms with Crippen LogP contribution in [0.15, 0.2) is 18.2 Å². The predicted molar refractivity (Wildman–Crippen MR) is 105 cm³/mol. The molecular weight excluding hydrogens is 431 g/mol. The fourth-order valence-corrected chi connectivity index (χ4v) is 3.86. The van der Waals surface area contributed by atoms with Crippen molar-refractivity contribution < 1.29 is 14.3 Å². The molecule has 25 heavy (non-hydrogen) atoms. The molecule has 0 bridgehead atoms. The number of carbonyl (C=O) groups is 2. The summed E-state index contributed by atoms with van der Waals surface area (Å²) >= 11 is 2.22. The van der Waals surface area contributed by atoms with Gasteiger partial charge in [-0.25, -0.2) is 4.79 Å². The molecule has 3 rings (SSSR count). The van der Waals surface area contributed by atoms with Gasteiger partial charge in [-0.2, -0.15) is 0 Å². The van der Waals surface area contributed by atoms with Crippen molar-refractivity contribution in [2.75, 3.05) is 19.6 Å². The second kappa shape index (κ2) is 6.45. The Morgan fingerprint density at radius 2 is 1.88 bits per heavy atom. The van der Waals surface area contributed by atoms with Crippen molar-refractivity contribution in [2.24, 2.45) is 0 Å². The summed E-state index contributed by atoms with van der Waals surface area (Å²) in [6.07, 6.45) is 1.61. The second-order valence-corrected chi connectivity index (χ2v) is 9.23. The SMILES string of the molecule is Cc1ccc(I)c(C(=O)N2CCN(C(=O)OC(C)(C)C)CC23CC3)c1. The smallest absolute Gasteiger partial charge is 0.410 e. The molecule has 1 spiro atoms. The largest absolute Gasteiger partial charge is 0.444 e. The normalized spacial score (nSPS) is 19.1. The molecule has 0 atom stereocenters. The number of ether oxygens (including phenoxy) is 1. The lowest BCUT2D eigenvalue weighted by molar-refractivity contribution is 0.000609. The van der Waals surface area contributed by atoms with Gasteiger partial charge in [-0.05, 0) is 75.3 Å².